The molecule has 2 rings (SSSR count). The van der Waals surface area contributed by atoms with Crippen LogP contribution in [-0.4, -0.2) is 11.7 Å². The van der Waals surface area contributed by atoms with Crippen LogP contribution in [0.1, 0.15) is 10.4 Å². The number of methoxy groups -OCH3 is 1. The number of ether oxygens (including phenoxy) is 1. The largest absolute Gasteiger partial charge is 0.496 e. The third kappa shape index (κ3) is 2.65. The molecule has 0 aliphatic carbocycles. The minimum absolute atomic E-state index is 0.857. The molecular formula is C12H16N2OS. The molecule has 3 nitrogen and oxygen atoms in total. The van der Waals surface area contributed by atoms with E-state index in [9.17, 15) is 0 Å². The Kier molecular flexibility index (Phi) is 3.64. The van der Waals surface area contributed by atoms with Gasteiger partial charge in [-0.1, -0.05) is 0 Å². The van der Waals surface area contributed by atoms with Crippen LogP contribution in [0.25, 0.3) is 0 Å². The maximum atomic E-state index is 5.26. The number of hydrogen-bond acceptors (Lipinski definition) is 3. The van der Waals surface area contributed by atoms with Gasteiger partial charge in [-0.3, -0.25) is 0 Å². The van der Waals surface area contributed by atoms with E-state index in [2.05, 4.69) is 33.7 Å². The average molecular weight is 236 g/mol. The monoisotopic (exact) mass is 236 g/mol. The minimum atomic E-state index is 0.857. The number of rotatable bonds is 5. The fourth-order valence-electron chi connectivity index (χ4n) is 1.63. The standard InChI is InChI=1S/C12H16N2OS/c1-14-5-3-10(9-14)7-13-8-12-11(15-2)4-6-16-12/h3-6,9,13H,7-8H2,1-2H3. The third-order valence-corrected chi connectivity index (χ3v) is 3.33. The summed E-state index contributed by atoms with van der Waals surface area (Å²) in [4.78, 5) is 1.25. The molecule has 0 saturated carbocycles. The Morgan fingerprint density at radius 1 is 1.38 bits per heavy atom. The third-order valence-electron chi connectivity index (χ3n) is 2.43. The van der Waals surface area contributed by atoms with Gasteiger partial charge in [-0.05, 0) is 23.1 Å². The van der Waals surface area contributed by atoms with E-state index in [0.717, 1.165) is 18.8 Å². The van der Waals surface area contributed by atoms with Crippen molar-refractivity contribution in [1.82, 2.24) is 9.88 Å². The Balaban J connectivity index is 1.84. The lowest BCUT2D eigenvalue weighted by molar-refractivity contribution is 0.410. The summed E-state index contributed by atoms with van der Waals surface area (Å²) in [5.74, 6) is 0.977. The molecule has 2 aromatic heterocycles. The van der Waals surface area contributed by atoms with Gasteiger partial charge in [0.1, 0.15) is 5.75 Å². The lowest BCUT2D eigenvalue weighted by Crippen LogP contribution is -2.11. The molecule has 86 valence electrons. The van der Waals surface area contributed by atoms with Crippen LogP contribution < -0.4 is 10.1 Å². The molecule has 0 spiro atoms. The fourth-order valence-corrected chi connectivity index (χ4v) is 2.43. The first-order chi connectivity index (χ1) is 7.79. The Hall–Kier alpha value is -1.26. The van der Waals surface area contributed by atoms with Gasteiger partial charge in [-0.2, -0.15) is 0 Å². The molecule has 0 aliphatic rings. The van der Waals surface area contributed by atoms with Gasteiger partial charge < -0.3 is 14.6 Å². The summed E-state index contributed by atoms with van der Waals surface area (Å²) in [7, 11) is 3.74. The lowest BCUT2D eigenvalue weighted by atomic mass is 10.3. The van der Waals surface area contributed by atoms with Crippen molar-refractivity contribution in [3.63, 3.8) is 0 Å². The van der Waals surface area contributed by atoms with E-state index < -0.39 is 0 Å². The van der Waals surface area contributed by atoms with Crippen molar-refractivity contribution in [3.8, 4) is 5.75 Å². The van der Waals surface area contributed by atoms with Gasteiger partial charge in [0.2, 0.25) is 0 Å². The second-order valence-corrected chi connectivity index (χ2v) is 4.70. The number of aryl methyl sites for hydroxylation is 1. The van der Waals surface area contributed by atoms with E-state index in [1.807, 2.05) is 13.1 Å². The Bertz CT molecular complexity index is 447. The van der Waals surface area contributed by atoms with Gasteiger partial charge >= 0.3 is 0 Å². The van der Waals surface area contributed by atoms with Crippen molar-refractivity contribution in [2.24, 2.45) is 7.05 Å². The zero-order chi connectivity index (χ0) is 11.4. The Morgan fingerprint density at radius 2 is 2.25 bits per heavy atom. The van der Waals surface area contributed by atoms with Crippen molar-refractivity contribution >= 4 is 11.3 Å². The highest BCUT2D eigenvalue weighted by Gasteiger charge is 2.03. The van der Waals surface area contributed by atoms with Gasteiger partial charge in [0.25, 0.3) is 0 Å². The first-order valence-corrected chi connectivity index (χ1v) is 6.09. The molecule has 0 aliphatic heterocycles. The SMILES string of the molecule is COc1ccsc1CNCc1ccn(C)c1. The van der Waals surface area contributed by atoms with Crippen LogP contribution in [0, 0.1) is 0 Å². The smallest absolute Gasteiger partial charge is 0.134 e. The first kappa shape index (κ1) is 11.2. The van der Waals surface area contributed by atoms with Gasteiger partial charge in [-0.25, -0.2) is 0 Å². The second-order valence-electron chi connectivity index (χ2n) is 3.70. The van der Waals surface area contributed by atoms with E-state index in [4.69, 9.17) is 4.74 Å². The van der Waals surface area contributed by atoms with Crippen LogP contribution in [0.2, 0.25) is 0 Å². The van der Waals surface area contributed by atoms with E-state index in [0.29, 0.717) is 0 Å². The quantitative estimate of drug-likeness (QED) is 0.862. The molecule has 0 fully saturated rings. The van der Waals surface area contributed by atoms with E-state index in [-0.39, 0.29) is 0 Å². The van der Waals surface area contributed by atoms with Gasteiger partial charge in [0.05, 0.1) is 12.0 Å². The molecule has 0 atom stereocenters. The zero-order valence-corrected chi connectivity index (χ0v) is 10.4. The molecule has 1 N–H and O–H groups in total. The summed E-state index contributed by atoms with van der Waals surface area (Å²) in [6, 6.07) is 4.13. The second kappa shape index (κ2) is 5.18. The molecule has 2 aromatic rings. The number of nitrogens with zero attached hydrogens (tertiary/aromatic N) is 1. The van der Waals surface area contributed by atoms with E-state index in [1.54, 1.807) is 18.4 Å². The van der Waals surface area contributed by atoms with Crippen molar-refractivity contribution in [1.29, 1.82) is 0 Å². The molecule has 0 bridgehead atoms. The highest BCUT2D eigenvalue weighted by Crippen LogP contribution is 2.23. The van der Waals surface area contributed by atoms with E-state index in [1.165, 1.54) is 10.4 Å². The number of nitrogens with one attached hydrogen (secondary N) is 1. The molecule has 0 unspecified atom stereocenters. The van der Waals surface area contributed by atoms with Gasteiger partial charge in [0.15, 0.2) is 0 Å². The average Bonchev–Trinajstić information content (AvgIpc) is 2.87. The minimum Gasteiger partial charge on any atom is -0.496 e. The molecule has 0 radical (unpaired) electrons. The van der Waals surface area contributed by atoms with Crippen LogP contribution in [-0.2, 0) is 20.1 Å². The van der Waals surface area contributed by atoms with Crippen LogP contribution in [0.3, 0.4) is 0 Å². The molecule has 16 heavy (non-hydrogen) atoms. The molecule has 0 amide bonds. The van der Waals surface area contributed by atoms with Gasteiger partial charge in [0, 0.05) is 32.5 Å². The first-order valence-electron chi connectivity index (χ1n) is 5.21. The Morgan fingerprint density at radius 3 is 2.94 bits per heavy atom. The molecule has 4 heteroatoms. The summed E-state index contributed by atoms with van der Waals surface area (Å²) in [6.45, 7) is 1.75. The summed E-state index contributed by atoms with van der Waals surface area (Å²) in [5, 5.41) is 5.46. The zero-order valence-electron chi connectivity index (χ0n) is 9.56. The predicted octanol–water partition coefficient (Wildman–Crippen LogP) is 2.39. The molecule has 2 heterocycles. The van der Waals surface area contributed by atoms with E-state index >= 15 is 0 Å². The van der Waals surface area contributed by atoms with Crippen LogP contribution >= 0.6 is 11.3 Å². The lowest BCUT2D eigenvalue weighted by Gasteiger charge is -2.04. The highest BCUT2D eigenvalue weighted by atomic mass is 32.1. The predicted molar refractivity (Wildman–Crippen MR) is 66.8 cm³/mol. The van der Waals surface area contributed by atoms with Crippen molar-refractivity contribution in [2.45, 2.75) is 13.1 Å². The summed E-state index contributed by atoms with van der Waals surface area (Å²) < 4.78 is 7.32. The van der Waals surface area contributed by atoms with Crippen molar-refractivity contribution < 1.29 is 4.74 Å². The maximum absolute atomic E-state index is 5.26. The van der Waals surface area contributed by atoms with Crippen LogP contribution in [0.5, 0.6) is 5.75 Å². The molecule has 0 aromatic carbocycles. The van der Waals surface area contributed by atoms with Crippen molar-refractivity contribution in [3.05, 3.63) is 40.3 Å². The Labute approximate surface area is 99.7 Å². The number of aromatic nitrogens is 1. The molecule has 0 saturated heterocycles. The topological polar surface area (TPSA) is 26.2 Å². The number of hydrogen-bond donors (Lipinski definition) is 1. The summed E-state index contributed by atoms with van der Waals surface area (Å²) >= 11 is 1.72. The summed E-state index contributed by atoms with van der Waals surface area (Å²) in [5.41, 5.74) is 1.30. The number of thiophene rings is 1. The summed E-state index contributed by atoms with van der Waals surface area (Å²) in [6.07, 6.45) is 4.18. The van der Waals surface area contributed by atoms with Crippen LogP contribution in [0.4, 0.5) is 0 Å². The van der Waals surface area contributed by atoms with Crippen molar-refractivity contribution in [2.75, 3.05) is 7.11 Å². The molecular weight excluding hydrogens is 220 g/mol. The van der Waals surface area contributed by atoms with Gasteiger partial charge in [-0.15, -0.1) is 11.3 Å². The fraction of sp³-hybridized carbons (Fsp3) is 0.333. The highest BCUT2D eigenvalue weighted by molar-refractivity contribution is 7.10. The maximum Gasteiger partial charge on any atom is 0.134 e. The normalized spacial score (nSPS) is 10.6. The van der Waals surface area contributed by atoms with Crippen LogP contribution in [0.15, 0.2) is 29.9 Å².